The van der Waals surface area contributed by atoms with Gasteiger partial charge in [0.1, 0.15) is 5.25 Å². The zero-order chi connectivity index (χ0) is 20.5. The fourth-order valence-corrected chi connectivity index (χ4v) is 6.72. The van der Waals surface area contributed by atoms with Gasteiger partial charge in [-0.05, 0) is 71.5 Å². The second-order valence-corrected chi connectivity index (χ2v) is 10.6. The van der Waals surface area contributed by atoms with Gasteiger partial charge in [0, 0.05) is 0 Å². The lowest BCUT2D eigenvalue weighted by Gasteiger charge is -2.15. The first-order valence-electron chi connectivity index (χ1n) is 9.61. The number of rotatable bonds is 7. The maximum Gasteiger partial charge on any atom is 0.171 e. The van der Waals surface area contributed by atoms with Crippen molar-refractivity contribution in [3.63, 3.8) is 0 Å². The Bertz CT molecular complexity index is 917. The van der Waals surface area contributed by atoms with Crippen LogP contribution in [0.2, 0.25) is 0 Å². The van der Waals surface area contributed by atoms with E-state index in [9.17, 15) is 13.5 Å². The highest BCUT2D eigenvalue weighted by molar-refractivity contribution is 14.1. The van der Waals surface area contributed by atoms with E-state index in [-0.39, 0.29) is 17.6 Å². The maximum atomic E-state index is 12.3. The van der Waals surface area contributed by atoms with Gasteiger partial charge < -0.3 is 14.6 Å². The molecular weight excluding hydrogens is 491 g/mol. The highest BCUT2D eigenvalue weighted by Gasteiger charge is 2.46. The summed E-state index contributed by atoms with van der Waals surface area (Å²) in [7, 11) is -1.54. The number of fused-ring (bicyclic) bond motifs is 1. The predicted molar refractivity (Wildman–Crippen MR) is 120 cm³/mol. The molecular formula is C21H27IO5S. The topological polar surface area (TPSA) is 72.8 Å². The van der Waals surface area contributed by atoms with Crippen LogP contribution in [0.5, 0.6) is 11.5 Å². The molecule has 2 aliphatic heterocycles. The molecule has 1 N–H and O–H groups in total. The summed E-state index contributed by atoms with van der Waals surface area (Å²) in [5, 5.41) is 9.59. The number of hydrogen-bond donors (Lipinski definition) is 1. The van der Waals surface area contributed by atoms with Crippen LogP contribution in [0.4, 0.5) is 0 Å². The van der Waals surface area contributed by atoms with E-state index in [4.69, 9.17) is 9.47 Å². The molecule has 0 unspecified atom stereocenters. The van der Waals surface area contributed by atoms with Crippen molar-refractivity contribution in [1.82, 2.24) is 0 Å². The van der Waals surface area contributed by atoms with Gasteiger partial charge in [0.05, 0.1) is 29.1 Å². The van der Waals surface area contributed by atoms with Crippen LogP contribution >= 0.6 is 22.6 Å². The van der Waals surface area contributed by atoms with Crippen molar-refractivity contribution in [2.45, 2.75) is 50.9 Å². The highest BCUT2D eigenvalue weighted by Crippen LogP contribution is 2.40. The third-order valence-electron chi connectivity index (χ3n) is 5.61. The number of halogens is 1. The van der Waals surface area contributed by atoms with Gasteiger partial charge in [-0.1, -0.05) is 31.1 Å². The van der Waals surface area contributed by atoms with Crippen molar-refractivity contribution in [2.75, 3.05) is 19.5 Å². The lowest BCUT2D eigenvalue weighted by molar-refractivity contribution is 0.117. The zero-order valence-corrected chi connectivity index (χ0v) is 19.5. The minimum atomic E-state index is -3.08. The molecule has 0 aliphatic carbocycles. The Morgan fingerprint density at radius 3 is 2.79 bits per heavy atom. The van der Waals surface area contributed by atoms with Gasteiger partial charge in [-0.15, -0.1) is 0 Å². The van der Waals surface area contributed by atoms with E-state index < -0.39 is 15.1 Å². The maximum absolute atomic E-state index is 12.3. The highest BCUT2D eigenvalue weighted by atomic mass is 127. The molecule has 0 amide bonds. The number of benzene rings is 1. The van der Waals surface area contributed by atoms with Crippen molar-refractivity contribution < 1.29 is 23.0 Å². The van der Waals surface area contributed by atoms with Crippen molar-refractivity contribution in [3.8, 4) is 11.5 Å². The van der Waals surface area contributed by atoms with Crippen LogP contribution in [0.15, 0.2) is 28.9 Å². The molecule has 0 spiro atoms. The number of aromatic hydroxyl groups is 1. The first kappa shape index (κ1) is 21.6. The van der Waals surface area contributed by atoms with E-state index in [0.29, 0.717) is 12.4 Å². The first-order valence-corrected chi connectivity index (χ1v) is 12.4. The minimum absolute atomic E-state index is 0.0957. The summed E-state index contributed by atoms with van der Waals surface area (Å²) >= 11 is 2.09. The van der Waals surface area contributed by atoms with Gasteiger partial charge in [0.2, 0.25) is 0 Å². The lowest BCUT2D eigenvalue weighted by Crippen LogP contribution is -2.19. The van der Waals surface area contributed by atoms with Gasteiger partial charge in [0.25, 0.3) is 0 Å². The number of phenols is 1. The summed E-state index contributed by atoms with van der Waals surface area (Å²) < 4.78 is 36.6. The molecule has 1 aromatic carbocycles. The van der Waals surface area contributed by atoms with Gasteiger partial charge >= 0.3 is 0 Å². The smallest absolute Gasteiger partial charge is 0.171 e. The Hall–Kier alpha value is -1.06. The van der Waals surface area contributed by atoms with E-state index in [0.717, 1.165) is 46.0 Å². The fourth-order valence-electron chi connectivity index (χ4n) is 4.05. The molecule has 0 saturated carbocycles. The van der Waals surface area contributed by atoms with Crippen LogP contribution in [-0.4, -0.2) is 44.3 Å². The Kier molecular flexibility index (Phi) is 6.76. The van der Waals surface area contributed by atoms with Gasteiger partial charge in [-0.3, -0.25) is 0 Å². The van der Waals surface area contributed by atoms with E-state index in [1.165, 1.54) is 5.57 Å². The predicted octanol–water partition coefficient (Wildman–Crippen LogP) is 4.48. The summed E-state index contributed by atoms with van der Waals surface area (Å²) in [6.45, 7) is 4.43. The summed E-state index contributed by atoms with van der Waals surface area (Å²) in [4.78, 5) is 0. The van der Waals surface area contributed by atoms with Gasteiger partial charge in [0.15, 0.2) is 21.3 Å². The van der Waals surface area contributed by atoms with Crippen molar-refractivity contribution in [1.29, 1.82) is 0 Å². The number of phenolic OH excluding ortho intramolecular Hbond substituents is 1. The Morgan fingerprint density at radius 2 is 2.14 bits per heavy atom. The van der Waals surface area contributed by atoms with Gasteiger partial charge in [-0.2, -0.15) is 0 Å². The van der Waals surface area contributed by atoms with Crippen LogP contribution in [0, 0.1) is 3.57 Å². The number of hydrogen-bond acceptors (Lipinski definition) is 5. The van der Waals surface area contributed by atoms with Crippen LogP contribution in [0.1, 0.15) is 45.1 Å². The fraction of sp³-hybridized carbons (Fsp3) is 0.524. The standard InChI is InChI=1S/C21H27IO5S/c1-4-13(8-14-9-16(22)21(23)18(10-14)26-3)6-7-17-20-15(5-2)12-28(24,25)19(20)11-27-17/h8-10,17,19,23H,4-7,11-12H2,1-3H3/b13-8+/t17-,19+/m1/s1. The van der Waals surface area contributed by atoms with Crippen LogP contribution in [0.3, 0.4) is 0 Å². The molecule has 0 aromatic heterocycles. The molecule has 1 saturated heterocycles. The quantitative estimate of drug-likeness (QED) is 0.426. The normalized spacial score (nSPS) is 23.9. The molecule has 0 radical (unpaired) electrons. The SMILES string of the molecule is CCC1=C2[C@@H](CC/C(=C/c3cc(I)c(O)c(OC)c3)CC)OC[C@@H]2S(=O)(=O)C1. The molecule has 1 aromatic rings. The molecule has 1 fully saturated rings. The van der Waals surface area contributed by atoms with Crippen molar-refractivity contribution >= 4 is 38.5 Å². The van der Waals surface area contributed by atoms with E-state index in [2.05, 4.69) is 35.6 Å². The molecule has 2 heterocycles. The van der Waals surface area contributed by atoms with Crippen LogP contribution in [0.25, 0.3) is 6.08 Å². The second kappa shape index (κ2) is 8.75. The monoisotopic (exact) mass is 518 g/mol. The first-order chi connectivity index (χ1) is 13.3. The van der Waals surface area contributed by atoms with Gasteiger partial charge in [-0.25, -0.2) is 8.42 Å². The van der Waals surface area contributed by atoms with Crippen LogP contribution in [-0.2, 0) is 14.6 Å². The summed E-state index contributed by atoms with van der Waals surface area (Å²) in [5.74, 6) is 0.820. The van der Waals surface area contributed by atoms with E-state index >= 15 is 0 Å². The Balaban J connectivity index is 1.76. The number of methoxy groups -OCH3 is 1. The van der Waals surface area contributed by atoms with E-state index in [1.54, 1.807) is 7.11 Å². The summed E-state index contributed by atoms with van der Waals surface area (Å²) in [6, 6.07) is 3.76. The molecule has 2 atom stereocenters. The largest absolute Gasteiger partial charge is 0.504 e. The average molecular weight is 518 g/mol. The zero-order valence-electron chi connectivity index (χ0n) is 16.5. The minimum Gasteiger partial charge on any atom is -0.504 e. The van der Waals surface area contributed by atoms with E-state index in [1.807, 2.05) is 19.1 Å². The molecule has 5 nitrogen and oxygen atoms in total. The summed E-state index contributed by atoms with van der Waals surface area (Å²) in [5.41, 5.74) is 4.32. The number of sulfone groups is 1. The van der Waals surface area contributed by atoms with Crippen LogP contribution < -0.4 is 4.74 Å². The van der Waals surface area contributed by atoms with Crippen molar-refractivity contribution in [2.24, 2.45) is 0 Å². The molecule has 0 bridgehead atoms. The third kappa shape index (κ3) is 4.26. The molecule has 28 heavy (non-hydrogen) atoms. The Labute approximate surface area is 180 Å². The summed E-state index contributed by atoms with van der Waals surface area (Å²) in [6.07, 6.45) is 5.32. The average Bonchev–Trinajstić information content (AvgIpc) is 3.20. The Morgan fingerprint density at radius 1 is 1.39 bits per heavy atom. The lowest BCUT2D eigenvalue weighted by atomic mass is 9.95. The molecule has 3 rings (SSSR count). The third-order valence-corrected chi connectivity index (χ3v) is 8.44. The molecule has 7 heteroatoms. The van der Waals surface area contributed by atoms with Crippen molar-refractivity contribution in [3.05, 3.63) is 38.0 Å². The number of allylic oxidation sites excluding steroid dienone is 1. The molecule has 2 aliphatic rings. The molecule has 154 valence electrons. The second-order valence-electron chi connectivity index (χ2n) is 7.28. The number of ether oxygens (including phenoxy) is 2.